The number of anilines is 1. The number of amides is 2. The van der Waals surface area contributed by atoms with Crippen LogP contribution < -0.4 is 4.90 Å². The zero-order chi connectivity index (χ0) is 17.1. The molecule has 1 aromatic carbocycles. The summed E-state index contributed by atoms with van der Waals surface area (Å²) in [6.45, 7) is 5.34. The molecule has 2 fully saturated rings. The summed E-state index contributed by atoms with van der Waals surface area (Å²) in [5.74, 6) is 0.0511. The molecule has 1 aromatic rings. The fourth-order valence-electron chi connectivity index (χ4n) is 4.19. The van der Waals surface area contributed by atoms with Gasteiger partial charge >= 0.3 is 0 Å². The molecule has 0 N–H and O–H groups in total. The predicted octanol–water partition coefficient (Wildman–Crippen LogP) is 3.53. The molecular weight excluding hydrogens is 300 g/mol. The number of aryl methyl sites for hydroxylation is 1. The Morgan fingerprint density at radius 1 is 1.21 bits per heavy atom. The van der Waals surface area contributed by atoms with Crippen molar-refractivity contribution in [3.05, 3.63) is 29.8 Å². The van der Waals surface area contributed by atoms with Gasteiger partial charge in [-0.15, -0.1) is 0 Å². The average Bonchev–Trinajstić information content (AvgIpc) is 2.98. The van der Waals surface area contributed by atoms with Crippen molar-refractivity contribution >= 4 is 17.5 Å². The van der Waals surface area contributed by atoms with E-state index in [9.17, 15) is 9.59 Å². The smallest absolute Gasteiger partial charge is 0.228 e. The Morgan fingerprint density at radius 3 is 2.58 bits per heavy atom. The normalized spacial score (nSPS) is 22.0. The third-order valence-electron chi connectivity index (χ3n) is 5.52. The minimum absolute atomic E-state index is 0.0716. The van der Waals surface area contributed by atoms with E-state index in [1.165, 1.54) is 19.3 Å². The highest BCUT2D eigenvalue weighted by molar-refractivity contribution is 6.00. The van der Waals surface area contributed by atoms with Crippen LogP contribution in [0.15, 0.2) is 24.3 Å². The van der Waals surface area contributed by atoms with Gasteiger partial charge in [0.2, 0.25) is 11.8 Å². The van der Waals surface area contributed by atoms with Crippen LogP contribution in [-0.2, 0) is 9.59 Å². The molecule has 0 radical (unpaired) electrons. The first-order valence-electron chi connectivity index (χ1n) is 9.28. The van der Waals surface area contributed by atoms with Crippen LogP contribution in [0.5, 0.6) is 0 Å². The van der Waals surface area contributed by atoms with Crippen LogP contribution in [0.1, 0.15) is 51.0 Å². The summed E-state index contributed by atoms with van der Waals surface area (Å²) >= 11 is 0. The van der Waals surface area contributed by atoms with Gasteiger partial charge in [0.15, 0.2) is 0 Å². The van der Waals surface area contributed by atoms with Crippen molar-refractivity contribution in [3.8, 4) is 0 Å². The standard InChI is InChI=1S/C20H28N2O2/c1-3-21(17-10-5-4-6-11-17)20(24)16-13-19(23)22(14-16)18-12-8-7-9-15(18)2/h7-9,12,16-17H,3-6,10-11,13-14H2,1-2H3. The molecule has 4 nitrogen and oxygen atoms in total. The zero-order valence-electron chi connectivity index (χ0n) is 14.8. The lowest BCUT2D eigenvalue weighted by Crippen LogP contribution is -2.45. The van der Waals surface area contributed by atoms with Gasteiger partial charge in [0.25, 0.3) is 0 Å². The number of benzene rings is 1. The minimum atomic E-state index is -0.195. The van der Waals surface area contributed by atoms with Gasteiger partial charge in [-0.2, -0.15) is 0 Å². The molecule has 130 valence electrons. The van der Waals surface area contributed by atoms with Crippen molar-refractivity contribution in [1.29, 1.82) is 0 Å². The van der Waals surface area contributed by atoms with E-state index in [1.807, 2.05) is 36.1 Å². The first-order valence-corrected chi connectivity index (χ1v) is 9.28. The van der Waals surface area contributed by atoms with E-state index in [4.69, 9.17) is 0 Å². The van der Waals surface area contributed by atoms with E-state index in [1.54, 1.807) is 4.90 Å². The largest absolute Gasteiger partial charge is 0.340 e. The minimum Gasteiger partial charge on any atom is -0.340 e. The van der Waals surface area contributed by atoms with Gasteiger partial charge in [0.05, 0.1) is 5.92 Å². The predicted molar refractivity (Wildman–Crippen MR) is 95.9 cm³/mol. The van der Waals surface area contributed by atoms with Crippen LogP contribution >= 0.6 is 0 Å². The van der Waals surface area contributed by atoms with Gasteiger partial charge in [-0.05, 0) is 38.3 Å². The number of hydrogen-bond acceptors (Lipinski definition) is 2. The molecular formula is C20H28N2O2. The molecule has 1 saturated heterocycles. The Bertz CT molecular complexity index is 607. The maximum atomic E-state index is 13.0. The molecule has 1 unspecified atom stereocenters. The number of para-hydroxylation sites is 1. The maximum Gasteiger partial charge on any atom is 0.228 e. The molecule has 0 bridgehead atoms. The molecule has 1 atom stereocenters. The van der Waals surface area contributed by atoms with E-state index >= 15 is 0 Å². The zero-order valence-corrected chi connectivity index (χ0v) is 14.8. The number of carbonyl (C=O) groups excluding carboxylic acids is 2. The second-order valence-electron chi connectivity index (χ2n) is 7.11. The van der Waals surface area contributed by atoms with Gasteiger partial charge in [0, 0.05) is 31.2 Å². The molecule has 0 spiro atoms. The first kappa shape index (κ1) is 17.0. The monoisotopic (exact) mass is 328 g/mol. The Morgan fingerprint density at radius 2 is 1.92 bits per heavy atom. The van der Waals surface area contributed by atoms with Crippen LogP contribution in [0.2, 0.25) is 0 Å². The van der Waals surface area contributed by atoms with Crippen LogP contribution in [0.4, 0.5) is 5.69 Å². The second-order valence-corrected chi connectivity index (χ2v) is 7.11. The van der Waals surface area contributed by atoms with Crippen molar-refractivity contribution in [3.63, 3.8) is 0 Å². The fourth-order valence-corrected chi connectivity index (χ4v) is 4.19. The number of rotatable bonds is 4. The van der Waals surface area contributed by atoms with Crippen LogP contribution in [0.25, 0.3) is 0 Å². The Labute approximate surface area is 144 Å². The highest BCUT2D eigenvalue weighted by Crippen LogP contribution is 2.30. The molecule has 24 heavy (non-hydrogen) atoms. The molecule has 1 heterocycles. The lowest BCUT2D eigenvalue weighted by molar-refractivity contribution is -0.138. The van der Waals surface area contributed by atoms with Gasteiger partial charge < -0.3 is 9.80 Å². The number of hydrogen-bond donors (Lipinski definition) is 0. The van der Waals surface area contributed by atoms with Crippen molar-refractivity contribution in [1.82, 2.24) is 4.90 Å². The molecule has 2 aliphatic rings. The van der Waals surface area contributed by atoms with Crippen molar-refractivity contribution in [2.75, 3.05) is 18.0 Å². The molecule has 2 amide bonds. The van der Waals surface area contributed by atoms with E-state index in [0.717, 1.165) is 30.6 Å². The summed E-state index contributed by atoms with van der Waals surface area (Å²) in [4.78, 5) is 29.4. The van der Waals surface area contributed by atoms with Gasteiger partial charge in [-0.3, -0.25) is 9.59 Å². The summed E-state index contributed by atoms with van der Waals surface area (Å²) in [6.07, 6.45) is 6.28. The van der Waals surface area contributed by atoms with Crippen molar-refractivity contribution in [2.45, 2.75) is 58.4 Å². The second kappa shape index (κ2) is 7.37. The van der Waals surface area contributed by atoms with Gasteiger partial charge in [0.1, 0.15) is 0 Å². The highest BCUT2D eigenvalue weighted by atomic mass is 16.2. The van der Waals surface area contributed by atoms with Crippen molar-refractivity contribution < 1.29 is 9.59 Å². The average molecular weight is 328 g/mol. The van der Waals surface area contributed by atoms with Gasteiger partial charge in [-0.1, -0.05) is 37.5 Å². The first-order chi connectivity index (χ1) is 11.6. The van der Waals surface area contributed by atoms with E-state index in [0.29, 0.717) is 19.0 Å². The molecule has 1 saturated carbocycles. The fraction of sp³-hybridized carbons (Fsp3) is 0.600. The van der Waals surface area contributed by atoms with Crippen LogP contribution in [-0.4, -0.2) is 35.8 Å². The Hall–Kier alpha value is -1.84. The van der Waals surface area contributed by atoms with E-state index in [2.05, 4.69) is 6.92 Å². The third-order valence-corrected chi connectivity index (χ3v) is 5.52. The molecule has 1 aliphatic carbocycles. The highest BCUT2D eigenvalue weighted by Gasteiger charge is 2.38. The topological polar surface area (TPSA) is 40.6 Å². The van der Waals surface area contributed by atoms with Gasteiger partial charge in [-0.25, -0.2) is 0 Å². The molecule has 3 rings (SSSR count). The SMILES string of the molecule is CCN(C(=O)C1CC(=O)N(c2ccccc2C)C1)C1CCCCC1. The Balaban J connectivity index is 1.72. The summed E-state index contributed by atoms with van der Waals surface area (Å²) < 4.78 is 0. The van der Waals surface area contributed by atoms with E-state index in [-0.39, 0.29) is 17.7 Å². The lowest BCUT2D eigenvalue weighted by atomic mass is 9.93. The Kier molecular flexibility index (Phi) is 5.22. The quantitative estimate of drug-likeness (QED) is 0.848. The molecule has 1 aliphatic heterocycles. The number of nitrogens with zero attached hydrogens (tertiary/aromatic N) is 2. The summed E-state index contributed by atoms with van der Waals surface area (Å²) in [5.41, 5.74) is 2.03. The van der Waals surface area contributed by atoms with Crippen LogP contribution in [0.3, 0.4) is 0 Å². The van der Waals surface area contributed by atoms with Crippen LogP contribution in [0, 0.1) is 12.8 Å². The maximum absolute atomic E-state index is 13.0. The summed E-state index contributed by atoms with van der Waals surface area (Å²) in [7, 11) is 0. The van der Waals surface area contributed by atoms with Crippen molar-refractivity contribution in [2.24, 2.45) is 5.92 Å². The summed E-state index contributed by atoms with van der Waals surface area (Å²) in [6, 6.07) is 8.28. The lowest BCUT2D eigenvalue weighted by Gasteiger charge is -2.35. The molecule has 4 heteroatoms. The van der Waals surface area contributed by atoms with E-state index < -0.39 is 0 Å². The summed E-state index contributed by atoms with van der Waals surface area (Å²) in [5, 5.41) is 0. The third kappa shape index (κ3) is 3.33. The molecule has 0 aromatic heterocycles. The number of carbonyl (C=O) groups is 2.